The summed E-state index contributed by atoms with van der Waals surface area (Å²) in [5.74, 6) is 0.839. The van der Waals surface area contributed by atoms with Crippen LogP contribution in [0.3, 0.4) is 0 Å². The third-order valence-electron chi connectivity index (χ3n) is 2.74. The average molecular weight is 193 g/mol. The number of fused-ring (bicyclic) bond motifs is 1. The van der Waals surface area contributed by atoms with Crippen LogP contribution in [0.1, 0.15) is 30.2 Å². The van der Waals surface area contributed by atoms with Crippen molar-refractivity contribution in [1.29, 1.82) is 0 Å². The largest absolute Gasteiger partial charge is 0.497 e. The van der Waals surface area contributed by atoms with Gasteiger partial charge in [-0.1, -0.05) is 6.07 Å². The SMILES string of the molecule is COc1ccc2c(c1)C(C)NCC2O. The summed E-state index contributed by atoms with van der Waals surface area (Å²) < 4.78 is 5.15. The van der Waals surface area contributed by atoms with E-state index in [1.807, 2.05) is 18.2 Å². The molecule has 0 saturated heterocycles. The van der Waals surface area contributed by atoms with Crippen LogP contribution in [-0.2, 0) is 0 Å². The van der Waals surface area contributed by atoms with Gasteiger partial charge in [-0.2, -0.15) is 0 Å². The fourth-order valence-corrected chi connectivity index (χ4v) is 1.87. The summed E-state index contributed by atoms with van der Waals surface area (Å²) in [6, 6.07) is 6.09. The highest BCUT2D eigenvalue weighted by Crippen LogP contribution is 2.31. The van der Waals surface area contributed by atoms with Crippen LogP contribution in [0.15, 0.2) is 18.2 Å². The van der Waals surface area contributed by atoms with Crippen LogP contribution in [-0.4, -0.2) is 18.8 Å². The maximum Gasteiger partial charge on any atom is 0.119 e. The van der Waals surface area contributed by atoms with Crippen molar-refractivity contribution < 1.29 is 9.84 Å². The van der Waals surface area contributed by atoms with Crippen molar-refractivity contribution in [2.75, 3.05) is 13.7 Å². The summed E-state index contributed by atoms with van der Waals surface area (Å²) in [7, 11) is 1.65. The fraction of sp³-hybridized carbons (Fsp3) is 0.455. The molecule has 1 heterocycles. The van der Waals surface area contributed by atoms with E-state index in [4.69, 9.17) is 4.74 Å². The van der Waals surface area contributed by atoms with E-state index in [1.165, 1.54) is 0 Å². The Morgan fingerprint density at radius 1 is 1.43 bits per heavy atom. The molecule has 1 aromatic rings. The van der Waals surface area contributed by atoms with Gasteiger partial charge in [0.25, 0.3) is 0 Å². The molecule has 2 unspecified atom stereocenters. The van der Waals surface area contributed by atoms with Gasteiger partial charge in [-0.25, -0.2) is 0 Å². The number of aliphatic hydroxyl groups is 1. The maximum atomic E-state index is 9.74. The second-order valence-corrected chi connectivity index (χ2v) is 3.64. The molecule has 2 atom stereocenters. The smallest absolute Gasteiger partial charge is 0.119 e. The highest BCUT2D eigenvalue weighted by Gasteiger charge is 2.22. The molecule has 0 aromatic heterocycles. The Balaban J connectivity index is 2.45. The Labute approximate surface area is 83.7 Å². The minimum Gasteiger partial charge on any atom is -0.497 e. The topological polar surface area (TPSA) is 41.5 Å². The average Bonchev–Trinajstić information content (AvgIpc) is 2.23. The van der Waals surface area contributed by atoms with Crippen molar-refractivity contribution >= 4 is 0 Å². The molecule has 0 radical (unpaired) electrons. The Morgan fingerprint density at radius 2 is 2.21 bits per heavy atom. The summed E-state index contributed by atoms with van der Waals surface area (Å²) in [6.07, 6.45) is -0.396. The monoisotopic (exact) mass is 193 g/mol. The predicted octanol–water partition coefficient (Wildman–Crippen LogP) is 1.39. The van der Waals surface area contributed by atoms with Crippen LogP contribution in [0, 0.1) is 0 Å². The van der Waals surface area contributed by atoms with Crippen LogP contribution < -0.4 is 10.1 Å². The van der Waals surface area contributed by atoms with Gasteiger partial charge in [0.15, 0.2) is 0 Å². The summed E-state index contributed by atoms with van der Waals surface area (Å²) in [4.78, 5) is 0. The van der Waals surface area contributed by atoms with Crippen LogP contribution in [0.25, 0.3) is 0 Å². The molecule has 1 aromatic carbocycles. The number of ether oxygens (including phenoxy) is 1. The number of hydrogen-bond acceptors (Lipinski definition) is 3. The zero-order valence-corrected chi connectivity index (χ0v) is 8.45. The summed E-state index contributed by atoms with van der Waals surface area (Å²) in [5.41, 5.74) is 2.14. The van der Waals surface area contributed by atoms with Crippen molar-refractivity contribution in [3.8, 4) is 5.75 Å². The van der Waals surface area contributed by atoms with E-state index in [0.29, 0.717) is 6.54 Å². The van der Waals surface area contributed by atoms with Gasteiger partial charge in [-0.3, -0.25) is 0 Å². The number of methoxy groups -OCH3 is 1. The minimum atomic E-state index is -0.396. The maximum absolute atomic E-state index is 9.74. The first-order valence-electron chi connectivity index (χ1n) is 4.81. The number of benzene rings is 1. The molecule has 0 aliphatic carbocycles. The van der Waals surface area contributed by atoms with Gasteiger partial charge in [-0.15, -0.1) is 0 Å². The van der Waals surface area contributed by atoms with E-state index in [-0.39, 0.29) is 6.04 Å². The molecule has 3 nitrogen and oxygen atoms in total. The second-order valence-electron chi connectivity index (χ2n) is 3.64. The molecule has 2 N–H and O–H groups in total. The van der Waals surface area contributed by atoms with Gasteiger partial charge >= 0.3 is 0 Å². The number of rotatable bonds is 1. The lowest BCUT2D eigenvalue weighted by atomic mass is 9.93. The first kappa shape index (κ1) is 9.49. The van der Waals surface area contributed by atoms with E-state index < -0.39 is 6.10 Å². The lowest BCUT2D eigenvalue weighted by Gasteiger charge is -2.28. The zero-order chi connectivity index (χ0) is 10.1. The molecule has 2 rings (SSSR count). The molecule has 3 heteroatoms. The van der Waals surface area contributed by atoms with Gasteiger partial charge < -0.3 is 15.2 Å². The number of β-amino-alcohol motifs (C(OH)–C–C–N with tert-alkyl or cyclic N) is 1. The van der Waals surface area contributed by atoms with Gasteiger partial charge in [-0.05, 0) is 30.2 Å². The molecule has 14 heavy (non-hydrogen) atoms. The summed E-state index contributed by atoms with van der Waals surface area (Å²) in [6.45, 7) is 2.71. The van der Waals surface area contributed by atoms with E-state index in [1.54, 1.807) is 7.11 Å². The molecule has 1 aliphatic heterocycles. The van der Waals surface area contributed by atoms with Crippen molar-refractivity contribution in [2.45, 2.75) is 19.1 Å². The van der Waals surface area contributed by atoms with Crippen LogP contribution >= 0.6 is 0 Å². The van der Waals surface area contributed by atoms with Crippen molar-refractivity contribution in [2.24, 2.45) is 0 Å². The molecule has 0 saturated carbocycles. The number of hydrogen-bond donors (Lipinski definition) is 2. The van der Waals surface area contributed by atoms with E-state index >= 15 is 0 Å². The van der Waals surface area contributed by atoms with Gasteiger partial charge in [0, 0.05) is 12.6 Å². The predicted molar refractivity (Wildman–Crippen MR) is 54.4 cm³/mol. The van der Waals surface area contributed by atoms with Crippen LogP contribution in [0.2, 0.25) is 0 Å². The Bertz CT molecular complexity index is 338. The first-order valence-corrected chi connectivity index (χ1v) is 4.81. The lowest BCUT2D eigenvalue weighted by molar-refractivity contribution is 0.158. The standard InChI is InChI=1S/C11H15NO2/c1-7-10-5-8(14-2)3-4-9(10)11(13)6-12-7/h3-5,7,11-13H,6H2,1-2H3. The van der Waals surface area contributed by atoms with Gasteiger partial charge in [0.05, 0.1) is 13.2 Å². The van der Waals surface area contributed by atoms with Gasteiger partial charge in [0.2, 0.25) is 0 Å². The molecule has 0 amide bonds. The normalized spacial score (nSPS) is 25.6. The molecular formula is C11H15NO2. The Kier molecular flexibility index (Phi) is 2.44. The van der Waals surface area contributed by atoms with Crippen LogP contribution in [0.5, 0.6) is 5.75 Å². The molecule has 1 aliphatic rings. The summed E-state index contributed by atoms with van der Waals surface area (Å²) >= 11 is 0. The first-order chi connectivity index (χ1) is 6.72. The molecular weight excluding hydrogens is 178 g/mol. The zero-order valence-electron chi connectivity index (χ0n) is 8.45. The lowest BCUT2D eigenvalue weighted by Crippen LogP contribution is -2.31. The highest BCUT2D eigenvalue weighted by molar-refractivity contribution is 5.40. The Hall–Kier alpha value is -1.06. The van der Waals surface area contributed by atoms with Crippen molar-refractivity contribution in [1.82, 2.24) is 5.32 Å². The molecule has 0 spiro atoms. The quantitative estimate of drug-likeness (QED) is 0.708. The van der Waals surface area contributed by atoms with E-state index in [2.05, 4.69) is 12.2 Å². The molecule has 76 valence electrons. The van der Waals surface area contributed by atoms with Crippen molar-refractivity contribution in [3.63, 3.8) is 0 Å². The third-order valence-corrected chi connectivity index (χ3v) is 2.74. The van der Waals surface area contributed by atoms with E-state index in [0.717, 1.165) is 16.9 Å². The fourth-order valence-electron chi connectivity index (χ4n) is 1.87. The molecule has 0 fully saturated rings. The second kappa shape index (κ2) is 3.59. The third kappa shape index (κ3) is 1.49. The van der Waals surface area contributed by atoms with E-state index in [9.17, 15) is 5.11 Å². The highest BCUT2D eigenvalue weighted by atomic mass is 16.5. The Morgan fingerprint density at radius 3 is 2.93 bits per heavy atom. The summed E-state index contributed by atoms with van der Waals surface area (Å²) in [5, 5.41) is 13.0. The van der Waals surface area contributed by atoms with Gasteiger partial charge in [0.1, 0.15) is 5.75 Å². The van der Waals surface area contributed by atoms with Crippen LogP contribution in [0.4, 0.5) is 0 Å². The minimum absolute atomic E-state index is 0.281. The number of nitrogens with one attached hydrogen (secondary N) is 1. The molecule has 0 bridgehead atoms. The van der Waals surface area contributed by atoms with Crippen molar-refractivity contribution in [3.05, 3.63) is 29.3 Å². The number of aliphatic hydroxyl groups excluding tert-OH is 1.